The van der Waals surface area contributed by atoms with Crippen LogP contribution in [0, 0.1) is 13.8 Å². The van der Waals surface area contributed by atoms with Crippen molar-refractivity contribution < 1.29 is 0 Å². The fourth-order valence-electron chi connectivity index (χ4n) is 0.972. The summed E-state index contributed by atoms with van der Waals surface area (Å²) in [5.74, 6) is 0. The molecule has 1 aromatic rings. The molecule has 1 N–H and O–H groups in total. The second kappa shape index (κ2) is 3.67. The number of nitrogens with one attached hydrogen (secondary N) is 1. The molecular formula is C9H13NS. The van der Waals surface area contributed by atoms with E-state index in [9.17, 15) is 0 Å². The van der Waals surface area contributed by atoms with Gasteiger partial charge in [0.15, 0.2) is 0 Å². The van der Waals surface area contributed by atoms with Gasteiger partial charge in [0.1, 0.15) is 0 Å². The lowest BCUT2D eigenvalue weighted by molar-refractivity contribution is 1.35. The maximum atomic E-state index is 3.23. The molecule has 0 heterocycles. The highest BCUT2D eigenvalue weighted by molar-refractivity contribution is 7.99. The van der Waals surface area contributed by atoms with Gasteiger partial charge in [-0.25, -0.2) is 0 Å². The van der Waals surface area contributed by atoms with Gasteiger partial charge in [-0.1, -0.05) is 24.1 Å². The normalized spacial score (nSPS) is 9.73. The van der Waals surface area contributed by atoms with Crippen LogP contribution in [0.25, 0.3) is 0 Å². The quantitative estimate of drug-likeness (QED) is 0.679. The Morgan fingerprint density at radius 3 is 2.64 bits per heavy atom. The van der Waals surface area contributed by atoms with Crippen molar-refractivity contribution in [3.63, 3.8) is 0 Å². The summed E-state index contributed by atoms with van der Waals surface area (Å²) < 4.78 is 3.23. The molecule has 0 aliphatic heterocycles. The fraction of sp³-hybridized carbons (Fsp3) is 0.333. The molecule has 0 fully saturated rings. The smallest absolute Gasteiger partial charge is 0.0471 e. The zero-order valence-corrected chi connectivity index (χ0v) is 7.96. The second-order valence-electron chi connectivity index (χ2n) is 2.55. The Balaban J connectivity index is 2.96. The second-order valence-corrected chi connectivity index (χ2v) is 3.17. The van der Waals surface area contributed by atoms with Crippen molar-refractivity contribution in [2.24, 2.45) is 0 Å². The van der Waals surface area contributed by atoms with E-state index in [2.05, 4.69) is 36.8 Å². The predicted molar refractivity (Wildman–Crippen MR) is 53.1 cm³/mol. The van der Waals surface area contributed by atoms with Crippen LogP contribution in [-0.4, -0.2) is 6.26 Å². The van der Waals surface area contributed by atoms with Crippen molar-refractivity contribution in [2.75, 3.05) is 11.0 Å². The third-order valence-electron chi connectivity index (χ3n) is 1.82. The Labute approximate surface area is 72.3 Å². The minimum absolute atomic E-state index is 1.22. The van der Waals surface area contributed by atoms with Gasteiger partial charge >= 0.3 is 0 Å². The SMILES string of the molecule is CSNc1cccc(C)c1C. The number of rotatable bonds is 2. The molecule has 0 unspecified atom stereocenters. The van der Waals surface area contributed by atoms with E-state index in [1.807, 2.05) is 6.26 Å². The summed E-state index contributed by atoms with van der Waals surface area (Å²) in [4.78, 5) is 0. The molecule has 0 saturated carbocycles. The van der Waals surface area contributed by atoms with E-state index in [0.29, 0.717) is 0 Å². The first-order valence-corrected chi connectivity index (χ1v) is 4.83. The average molecular weight is 167 g/mol. The third-order valence-corrected chi connectivity index (χ3v) is 2.24. The van der Waals surface area contributed by atoms with Gasteiger partial charge in [0.2, 0.25) is 0 Å². The van der Waals surface area contributed by atoms with Crippen LogP contribution in [-0.2, 0) is 0 Å². The van der Waals surface area contributed by atoms with Gasteiger partial charge in [-0.3, -0.25) is 0 Å². The molecule has 0 atom stereocenters. The highest BCUT2D eigenvalue weighted by Crippen LogP contribution is 2.19. The number of hydrogen-bond donors (Lipinski definition) is 1. The molecule has 0 radical (unpaired) electrons. The minimum atomic E-state index is 1.22. The Morgan fingerprint density at radius 1 is 1.27 bits per heavy atom. The standard InChI is InChI=1S/C9H13NS/c1-7-5-4-6-9(8(7)2)10-11-3/h4-6,10H,1-3H3. The Hall–Kier alpha value is -0.630. The molecule has 1 rings (SSSR count). The summed E-state index contributed by atoms with van der Waals surface area (Å²) >= 11 is 1.63. The lowest BCUT2D eigenvalue weighted by Crippen LogP contribution is -1.90. The van der Waals surface area contributed by atoms with Crippen LogP contribution in [0.4, 0.5) is 5.69 Å². The topological polar surface area (TPSA) is 12.0 Å². The van der Waals surface area contributed by atoms with Crippen molar-refractivity contribution >= 4 is 17.6 Å². The minimum Gasteiger partial charge on any atom is -0.330 e. The molecule has 0 amide bonds. The van der Waals surface area contributed by atoms with Gasteiger partial charge < -0.3 is 4.72 Å². The lowest BCUT2D eigenvalue weighted by Gasteiger charge is -2.07. The summed E-state index contributed by atoms with van der Waals surface area (Å²) in [6.45, 7) is 4.26. The maximum absolute atomic E-state index is 3.23. The molecule has 0 aromatic heterocycles. The fourth-order valence-corrected chi connectivity index (χ4v) is 1.41. The molecule has 0 bridgehead atoms. The summed E-state index contributed by atoms with van der Waals surface area (Å²) in [7, 11) is 0. The molecule has 1 nitrogen and oxygen atoms in total. The number of anilines is 1. The predicted octanol–water partition coefficient (Wildman–Crippen LogP) is 2.99. The van der Waals surface area contributed by atoms with E-state index in [1.54, 1.807) is 11.9 Å². The molecule has 1 aromatic carbocycles. The Kier molecular flexibility index (Phi) is 2.83. The monoisotopic (exact) mass is 167 g/mol. The first kappa shape index (κ1) is 8.47. The highest BCUT2D eigenvalue weighted by Gasteiger charge is 1.97. The van der Waals surface area contributed by atoms with Crippen LogP contribution in [0.2, 0.25) is 0 Å². The zero-order valence-electron chi connectivity index (χ0n) is 7.14. The van der Waals surface area contributed by atoms with Crippen molar-refractivity contribution in [1.29, 1.82) is 0 Å². The van der Waals surface area contributed by atoms with Gasteiger partial charge in [-0.05, 0) is 31.0 Å². The zero-order chi connectivity index (χ0) is 8.27. The van der Waals surface area contributed by atoms with Crippen molar-refractivity contribution in [2.45, 2.75) is 13.8 Å². The molecule has 0 saturated heterocycles. The van der Waals surface area contributed by atoms with E-state index < -0.39 is 0 Å². The molecule has 60 valence electrons. The van der Waals surface area contributed by atoms with Crippen LogP contribution in [0.1, 0.15) is 11.1 Å². The Morgan fingerprint density at radius 2 is 2.00 bits per heavy atom. The van der Waals surface area contributed by atoms with Gasteiger partial charge in [0, 0.05) is 11.9 Å². The van der Waals surface area contributed by atoms with Crippen LogP contribution >= 0.6 is 11.9 Å². The lowest BCUT2D eigenvalue weighted by atomic mass is 10.1. The summed E-state index contributed by atoms with van der Waals surface area (Å²) in [6, 6.07) is 6.29. The van der Waals surface area contributed by atoms with Crippen molar-refractivity contribution in [3.05, 3.63) is 29.3 Å². The maximum Gasteiger partial charge on any atom is 0.0471 e. The Bertz CT molecular complexity index is 245. The summed E-state index contributed by atoms with van der Waals surface area (Å²) in [5, 5.41) is 0. The average Bonchev–Trinajstić information content (AvgIpc) is 1.99. The van der Waals surface area contributed by atoms with E-state index >= 15 is 0 Å². The van der Waals surface area contributed by atoms with Crippen LogP contribution in [0.15, 0.2) is 18.2 Å². The first-order valence-electron chi connectivity index (χ1n) is 3.61. The van der Waals surface area contributed by atoms with E-state index in [4.69, 9.17) is 0 Å². The molecular weight excluding hydrogens is 154 g/mol. The summed E-state index contributed by atoms with van der Waals surface area (Å²) in [6.07, 6.45) is 2.03. The van der Waals surface area contributed by atoms with Gasteiger partial charge in [-0.15, -0.1) is 0 Å². The van der Waals surface area contributed by atoms with Crippen LogP contribution in [0.3, 0.4) is 0 Å². The third kappa shape index (κ3) is 1.90. The van der Waals surface area contributed by atoms with E-state index in [-0.39, 0.29) is 0 Å². The molecule has 0 aliphatic carbocycles. The van der Waals surface area contributed by atoms with Crippen LogP contribution in [0.5, 0.6) is 0 Å². The number of aryl methyl sites for hydroxylation is 1. The largest absolute Gasteiger partial charge is 0.330 e. The highest BCUT2D eigenvalue weighted by atomic mass is 32.2. The molecule has 0 spiro atoms. The van der Waals surface area contributed by atoms with Gasteiger partial charge in [0.05, 0.1) is 0 Å². The number of hydrogen-bond acceptors (Lipinski definition) is 2. The van der Waals surface area contributed by atoms with E-state index in [1.165, 1.54) is 16.8 Å². The van der Waals surface area contributed by atoms with E-state index in [0.717, 1.165) is 0 Å². The summed E-state index contributed by atoms with van der Waals surface area (Å²) in [5.41, 5.74) is 3.89. The number of benzene rings is 1. The molecule has 11 heavy (non-hydrogen) atoms. The van der Waals surface area contributed by atoms with Crippen molar-refractivity contribution in [1.82, 2.24) is 0 Å². The molecule has 2 heteroatoms. The van der Waals surface area contributed by atoms with Crippen molar-refractivity contribution in [3.8, 4) is 0 Å². The first-order chi connectivity index (χ1) is 5.25. The van der Waals surface area contributed by atoms with Crippen LogP contribution < -0.4 is 4.72 Å². The molecule has 0 aliphatic rings. The van der Waals surface area contributed by atoms with Gasteiger partial charge in [-0.2, -0.15) is 0 Å². The van der Waals surface area contributed by atoms with Gasteiger partial charge in [0.25, 0.3) is 0 Å².